The van der Waals surface area contributed by atoms with Crippen LogP contribution in [0.4, 0.5) is 0 Å². The number of unbranched alkanes of at least 4 members (excludes halogenated alkanes) is 3. The Morgan fingerprint density at radius 2 is 1.57 bits per heavy atom. The molecule has 0 aromatic heterocycles. The molecule has 2 rings (SSSR count). The summed E-state index contributed by atoms with van der Waals surface area (Å²) in [5, 5.41) is 0. The zero-order chi connectivity index (χ0) is 20.4. The van der Waals surface area contributed by atoms with Crippen LogP contribution in [0.25, 0.3) is 0 Å². The molecule has 28 heavy (non-hydrogen) atoms. The van der Waals surface area contributed by atoms with E-state index in [1.54, 1.807) is 49.6 Å². The van der Waals surface area contributed by atoms with Crippen LogP contribution in [0.15, 0.2) is 46.9 Å². The van der Waals surface area contributed by atoms with Crippen molar-refractivity contribution in [3.05, 3.63) is 58.1 Å². The molecule has 2 N–H and O–H groups in total. The van der Waals surface area contributed by atoms with Crippen LogP contribution < -0.4 is 20.3 Å². The standard InChI is InChI=1S/C21H25BrN2O4/c1-3-4-5-6-13-28-17-10-7-15(8-11-17)20(25)23-24-21(26)16-9-12-19(27-2)18(22)14-16/h7-12,14H,3-6,13H2,1-2H3,(H,23,25)(H,24,26). The molecule has 6 nitrogen and oxygen atoms in total. The Morgan fingerprint density at radius 1 is 0.929 bits per heavy atom. The van der Waals surface area contributed by atoms with E-state index in [1.165, 1.54) is 12.8 Å². The SMILES string of the molecule is CCCCCCOc1ccc(C(=O)NNC(=O)c2ccc(OC)c(Br)c2)cc1. The zero-order valence-corrected chi connectivity index (χ0v) is 17.7. The number of methoxy groups -OCH3 is 1. The lowest BCUT2D eigenvalue weighted by Gasteiger charge is -2.10. The minimum Gasteiger partial charge on any atom is -0.496 e. The third-order valence-electron chi connectivity index (χ3n) is 4.09. The normalized spacial score (nSPS) is 10.2. The molecule has 2 amide bonds. The molecule has 150 valence electrons. The number of ether oxygens (including phenoxy) is 2. The maximum Gasteiger partial charge on any atom is 0.269 e. The fourth-order valence-electron chi connectivity index (χ4n) is 2.49. The van der Waals surface area contributed by atoms with Gasteiger partial charge in [0.2, 0.25) is 0 Å². The minimum atomic E-state index is -0.427. The summed E-state index contributed by atoms with van der Waals surface area (Å²) in [5.74, 6) is 0.507. The van der Waals surface area contributed by atoms with Crippen LogP contribution >= 0.6 is 15.9 Å². The topological polar surface area (TPSA) is 76.7 Å². The van der Waals surface area contributed by atoms with Gasteiger partial charge in [-0.25, -0.2) is 0 Å². The fourth-order valence-corrected chi connectivity index (χ4v) is 3.03. The van der Waals surface area contributed by atoms with Gasteiger partial charge in [0.15, 0.2) is 0 Å². The van der Waals surface area contributed by atoms with Gasteiger partial charge in [-0.15, -0.1) is 0 Å². The molecule has 2 aromatic rings. The van der Waals surface area contributed by atoms with Gasteiger partial charge in [0, 0.05) is 11.1 Å². The van der Waals surface area contributed by atoms with E-state index in [1.807, 2.05) is 0 Å². The van der Waals surface area contributed by atoms with Gasteiger partial charge in [-0.05, 0) is 64.8 Å². The highest BCUT2D eigenvalue weighted by atomic mass is 79.9. The Bertz CT molecular complexity index is 793. The number of hydrazine groups is 1. The zero-order valence-electron chi connectivity index (χ0n) is 16.1. The molecule has 0 aliphatic heterocycles. The van der Waals surface area contributed by atoms with E-state index in [4.69, 9.17) is 9.47 Å². The van der Waals surface area contributed by atoms with Gasteiger partial charge < -0.3 is 9.47 Å². The molecule has 0 aliphatic carbocycles. The van der Waals surface area contributed by atoms with E-state index in [-0.39, 0.29) is 0 Å². The van der Waals surface area contributed by atoms with Crippen molar-refractivity contribution in [1.82, 2.24) is 10.9 Å². The predicted molar refractivity (Wildman–Crippen MR) is 112 cm³/mol. The molecule has 0 aliphatic rings. The van der Waals surface area contributed by atoms with Gasteiger partial charge in [0.25, 0.3) is 11.8 Å². The average molecular weight is 449 g/mol. The molecule has 0 heterocycles. The molecule has 7 heteroatoms. The summed E-state index contributed by atoms with van der Waals surface area (Å²) in [6.45, 7) is 2.84. The molecule has 0 atom stereocenters. The molecule has 0 fully saturated rings. The van der Waals surface area contributed by atoms with Crippen molar-refractivity contribution in [2.24, 2.45) is 0 Å². The number of amides is 2. The van der Waals surface area contributed by atoms with Gasteiger partial charge in [0.05, 0.1) is 18.2 Å². The van der Waals surface area contributed by atoms with Gasteiger partial charge >= 0.3 is 0 Å². The van der Waals surface area contributed by atoms with E-state index in [9.17, 15) is 9.59 Å². The van der Waals surface area contributed by atoms with Crippen molar-refractivity contribution in [3.63, 3.8) is 0 Å². The maximum atomic E-state index is 12.2. The van der Waals surface area contributed by atoms with E-state index >= 15 is 0 Å². The molecule has 0 unspecified atom stereocenters. The van der Waals surface area contributed by atoms with Crippen molar-refractivity contribution in [3.8, 4) is 11.5 Å². The van der Waals surface area contributed by atoms with Crippen molar-refractivity contribution in [2.45, 2.75) is 32.6 Å². The Balaban J connectivity index is 1.82. The minimum absolute atomic E-state index is 0.389. The quantitative estimate of drug-likeness (QED) is 0.437. The lowest BCUT2D eigenvalue weighted by atomic mass is 10.2. The van der Waals surface area contributed by atoms with Crippen LogP contribution in [-0.4, -0.2) is 25.5 Å². The van der Waals surface area contributed by atoms with Crippen molar-refractivity contribution in [2.75, 3.05) is 13.7 Å². The van der Waals surface area contributed by atoms with Crippen LogP contribution in [0.1, 0.15) is 53.3 Å². The van der Waals surface area contributed by atoms with Gasteiger partial charge in [-0.1, -0.05) is 26.2 Å². The number of rotatable bonds is 9. The molecule has 2 aromatic carbocycles. The molecule has 0 saturated heterocycles. The first kappa shape index (κ1) is 21.8. The third-order valence-corrected chi connectivity index (χ3v) is 4.71. The van der Waals surface area contributed by atoms with E-state index in [0.29, 0.717) is 28.0 Å². The predicted octanol–water partition coefficient (Wildman–Crippen LogP) is 4.49. The van der Waals surface area contributed by atoms with Crippen molar-refractivity contribution >= 4 is 27.7 Å². The Morgan fingerprint density at radius 3 is 2.18 bits per heavy atom. The Kier molecular flexibility index (Phi) is 8.81. The lowest BCUT2D eigenvalue weighted by molar-refractivity contribution is 0.0846. The second-order valence-corrected chi connectivity index (χ2v) is 7.05. The second-order valence-electron chi connectivity index (χ2n) is 6.19. The Labute approximate surface area is 173 Å². The number of nitrogens with one attached hydrogen (secondary N) is 2. The van der Waals surface area contributed by atoms with Crippen molar-refractivity contribution < 1.29 is 19.1 Å². The van der Waals surface area contributed by atoms with Gasteiger partial charge in [-0.3, -0.25) is 20.4 Å². The summed E-state index contributed by atoms with van der Waals surface area (Å²) in [4.78, 5) is 24.4. The average Bonchev–Trinajstić information content (AvgIpc) is 2.72. The first-order valence-electron chi connectivity index (χ1n) is 9.22. The first-order valence-corrected chi connectivity index (χ1v) is 10.0. The smallest absolute Gasteiger partial charge is 0.269 e. The number of hydrogen-bond donors (Lipinski definition) is 2. The first-order chi connectivity index (χ1) is 13.5. The highest BCUT2D eigenvalue weighted by Crippen LogP contribution is 2.25. The maximum absolute atomic E-state index is 12.2. The third kappa shape index (κ3) is 6.56. The van der Waals surface area contributed by atoms with Crippen LogP contribution in [0.3, 0.4) is 0 Å². The van der Waals surface area contributed by atoms with Crippen LogP contribution in [0.5, 0.6) is 11.5 Å². The highest BCUT2D eigenvalue weighted by Gasteiger charge is 2.11. The summed E-state index contributed by atoms with van der Waals surface area (Å²) in [6, 6.07) is 11.7. The number of halogens is 1. The van der Waals surface area contributed by atoms with E-state index in [0.717, 1.165) is 18.6 Å². The largest absolute Gasteiger partial charge is 0.496 e. The van der Waals surface area contributed by atoms with E-state index in [2.05, 4.69) is 33.7 Å². The van der Waals surface area contributed by atoms with Crippen molar-refractivity contribution in [1.29, 1.82) is 0 Å². The summed E-state index contributed by atoms with van der Waals surface area (Å²) in [6.07, 6.45) is 4.57. The summed E-state index contributed by atoms with van der Waals surface area (Å²) in [5.41, 5.74) is 5.62. The van der Waals surface area contributed by atoms with Gasteiger partial charge in [-0.2, -0.15) is 0 Å². The Hall–Kier alpha value is -2.54. The molecule has 0 spiro atoms. The number of carbonyl (C=O) groups is 2. The number of carbonyl (C=O) groups excluding carboxylic acids is 2. The molecular weight excluding hydrogens is 424 g/mol. The number of hydrogen-bond acceptors (Lipinski definition) is 4. The summed E-state index contributed by atoms with van der Waals surface area (Å²) < 4.78 is 11.4. The van der Waals surface area contributed by atoms with Gasteiger partial charge in [0.1, 0.15) is 11.5 Å². The monoisotopic (exact) mass is 448 g/mol. The van der Waals surface area contributed by atoms with Crippen LogP contribution in [0.2, 0.25) is 0 Å². The number of benzene rings is 2. The summed E-state index contributed by atoms with van der Waals surface area (Å²) in [7, 11) is 1.54. The van der Waals surface area contributed by atoms with Crippen LogP contribution in [0, 0.1) is 0 Å². The fraction of sp³-hybridized carbons (Fsp3) is 0.333. The molecule has 0 bridgehead atoms. The highest BCUT2D eigenvalue weighted by molar-refractivity contribution is 9.10. The molecular formula is C21H25BrN2O4. The molecule has 0 saturated carbocycles. The lowest BCUT2D eigenvalue weighted by Crippen LogP contribution is -2.41. The van der Waals surface area contributed by atoms with Crippen LogP contribution in [-0.2, 0) is 0 Å². The second kappa shape index (κ2) is 11.3. The van der Waals surface area contributed by atoms with E-state index < -0.39 is 11.8 Å². The summed E-state index contributed by atoms with van der Waals surface area (Å²) >= 11 is 3.32. The molecule has 0 radical (unpaired) electrons.